The summed E-state index contributed by atoms with van der Waals surface area (Å²) in [6, 6.07) is 9.29. The topological polar surface area (TPSA) is 3.24 Å². The molecule has 18 heavy (non-hydrogen) atoms. The van der Waals surface area contributed by atoms with Gasteiger partial charge >= 0.3 is 0 Å². The average molecular weight is 245 g/mol. The van der Waals surface area contributed by atoms with Gasteiger partial charge in [0.15, 0.2) is 0 Å². The van der Waals surface area contributed by atoms with E-state index < -0.39 is 0 Å². The lowest BCUT2D eigenvalue weighted by atomic mass is 9.90. The van der Waals surface area contributed by atoms with Gasteiger partial charge in [0.1, 0.15) is 0 Å². The van der Waals surface area contributed by atoms with Crippen molar-refractivity contribution in [2.75, 3.05) is 13.1 Å². The van der Waals surface area contributed by atoms with Crippen molar-refractivity contribution in [3.05, 3.63) is 35.4 Å². The number of hydrogen-bond donors (Lipinski definition) is 0. The molecule has 0 bridgehead atoms. The van der Waals surface area contributed by atoms with Crippen LogP contribution in [0.5, 0.6) is 0 Å². The van der Waals surface area contributed by atoms with Gasteiger partial charge in [0.2, 0.25) is 0 Å². The van der Waals surface area contributed by atoms with Crippen LogP contribution in [0.2, 0.25) is 0 Å². The Labute approximate surface area is 112 Å². The zero-order chi connectivity index (χ0) is 13.0. The molecule has 1 aromatic carbocycles. The average Bonchev–Trinajstić information content (AvgIpc) is 2.40. The van der Waals surface area contributed by atoms with Crippen LogP contribution in [0, 0.1) is 5.92 Å². The van der Waals surface area contributed by atoms with E-state index in [1.54, 1.807) is 0 Å². The summed E-state index contributed by atoms with van der Waals surface area (Å²) in [6.45, 7) is 10.6. The van der Waals surface area contributed by atoms with E-state index in [2.05, 4.69) is 49.9 Å². The van der Waals surface area contributed by atoms with Gasteiger partial charge in [-0.05, 0) is 48.9 Å². The van der Waals surface area contributed by atoms with Crippen LogP contribution in [0.25, 0.3) is 0 Å². The van der Waals surface area contributed by atoms with Crippen LogP contribution < -0.4 is 0 Å². The smallest absolute Gasteiger partial charge is 0.0233 e. The first-order valence-corrected chi connectivity index (χ1v) is 7.48. The third-order valence-corrected chi connectivity index (χ3v) is 4.36. The van der Waals surface area contributed by atoms with E-state index in [0.717, 1.165) is 12.5 Å². The number of piperidine rings is 1. The predicted molar refractivity (Wildman–Crippen MR) is 78.8 cm³/mol. The summed E-state index contributed by atoms with van der Waals surface area (Å²) in [7, 11) is 0. The maximum atomic E-state index is 2.59. The summed E-state index contributed by atoms with van der Waals surface area (Å²) in [5.74, 6) is 1.38. The largest absolute Gasteiger partial charge is 0.299 e. The van der Waals surface area contributed by atoms with Crippen LogP contribution in [-0.2, 0) is 6.54 Å². The number of hydrogen-bond acceptors (Lipinski definition) is 1. The van der Waals surface area contributed by atoms with E-state index in [9.17, 15) is 0 Å². The lowest BCUT2D eigenvalue weighted by Gasteiger charge is -2.26. The van der Waals surface area contributed by atoms with Crippen LogP contribution in [-0.4, -0.2) is 18.0 Å². The fourth-order valence-electron chi connectivity index (χ4n) is 2.69. The number of rotatable bonds is 4. The van der Waals surface area contributed by atoms with Crippen molar-refractivity contribution in [3.63, 3.8) is 0 Å². The van der Waals surface area contributed by atoms with Crippen molar-refractivity contribution < 1.29 is 0 Å². The van der Waals surface area contributed by atoms with Crippen LogP contribution in [0.3, 0.4) is 0 Å². The molecule has 0 unspecified atom stereocenters. The molecular formula is C17H27N. The maximum Gasteiger partial charge on any atom is 0.0233 e. The van der Waals surface area contributed by atoms with E-state index in [0.29, 0.717) is 5.92 Å². The molecule has 0 aromatic heterocycles. The zero-order valence-corrected chi connectivity index (χ0v) is 12.2. The van der Waals surface area contributed by atoms with E-state index >= 15 is 0 Å². The Morgan fingerprint density at radius 2 is 1.56 bits per heavy atom. The highest BCUT2D eigenvalue weighted by atomic mass is 15.1. The van der Waals surface area contributed by atoms with Gasteiger partial charge in [0.25, 0.3) is 0 Å². The minimum Gasteiger partial charge on any atom is -0.299 e. The van der Waals surface area contributed by atoms with E-state index in [-0.39, 0.29) is 0 Å². The molecule has 1 saturated heterocycles. The standard InChI is InChI=1S/C17H27N/c1-14(2)15(3)17-9-7-16(8-10-17)13-18-11-5-4-6-12-18/h7-10,14-15H,4-6,11-13H2,1-3H3/t15-/m0/s1. The third kappa shape index (κ3) is 3.58. The highest BCUT2D eigenvalue weighted by molar-refractivity contribution is 5.25. The number of likely N-dealkylation sites (tertiary alicyclic amines) is 1. The minimum absolute atomic E-state index is 0.661. The molecule has 1 aromatic rings. The molecule has 0 amide bonds. The molecule has 1 fully saturated rings. The number of nitrogens with zero attached hydrogens (tertiary/aromatic N) is 1. The highest BCUT2D eigenvalue weighted by Gasteiger charge is 2.12. The summed E-state index contributed by atoms with van der Waals surface area (Å²) in [4.78, 5) is 2.59. The Hall–Kier alpha value is -0.820. The normalized spacial score (nSPS) is 19.1. The maximum absolute atomic E-state index is 2.59. The molecule has 1 heteroatoms. The van der Waals surface area contributed by atoms with Crippen molar-refractivity contribution >= 4 is 0 Å². The fourth-order valence-corrected chi connectivity index (χ4v) is 2.69. The summed E-state index contributed by atoms with van der Waals surface area (Å²) < 4.78 is 0. The first-order valence-electron chi connectivity index (χ1n) is 7.48. The van der Waals surface area contributed by atoms with Crippen LogP contribution in [0.1, 0.15) is 57.1 Å². The molecule has 0 radical (unpaired) electrons. The summed E-state index contributed by atoms with van der Waals surface area (Å²) in [5.41, 5.74) is 2.95. The number of benzene rings is 1. The van der Waals surface area contributed by atoms with Crippen molar-refractivity contribution in [2.45, 2.75) is 52.5 Å². The molecule has 1 aliphatic rings. The lowest BCUT2D eigenvalue weighted by molar-refractivity contribution is 0.221. The molecule has 0 N–H and O–H groups in total. The Morgan fingerprint density at radius 1 is 0.944 bits per heavy atom. The molecule has 1 nitrogen and oxygen atoms in total. The van der Waals surface area contributed by atoms with Crippen molar-refractivity contribution in [1.82, 2.24) is 4.90 Å². The quantitative estimate of drug-likeness (QED) is 0.758. The second-order valence-electron chi connectivity index (χ2n) is 6.11. The monoisotopic (exact) mass is 245 g/mol. The van der Waals surface area contributed by atoms with Gasteiger partial charge in [-0.2, -0.15) is 0 Å². The van der Waals surface area contributed by atoms with Gasteiger partial charge in [0, 0.05) is 6.54 Å². The molecule has 0 aliphatic carbocycles. The third-order valence-electron chi connectivity index (χ3n) is 4.36. The summed E-state index contributed by atoms with van der Waals surface area (Å²) in [5, 5.41) is 0. The molecule has 100 valence electrons. The van der Waals surface area contributed by atoms with Gasteiger partial charge in [-0.1, -0.05) is 51.5 Å². The highest BCUT2D eigenvalue weighted by Crippen LogP contribution is 2.24. The van der Waals surface area contributed by atoms with Crippen molar-refractivity contribution in [3.8, 4) is 0 Å². The van der Waals surface area contributed by atoms with Crippen molar-refractivity contribution in [1.29, 1.82) is 0 Å². The van der Waals surface area contributed by atoms with Gasteiger partial charge in [0.05, 0.1) is 0 Å². The first kappa shape index (κ1) is 13.6. The Balaban J connectivity index is 1.94. The Kier molecular flexibility index (Phi) is 4.82. The van der Waals surface area contributed by atoms with Gasteiger partial charge in [-0.25, -0.2) is 0 Å². The second-order valence-corrected chi connectivity index (χ2v) is 6.11. The van der Waals surface area contributed by atoms with Crippen LogP contribution >= 0.6 is 0 Å². The molecular weight excluding hydrogens is 218 g/mol. The van der Waals surface area contributed by atoms with E-state index in [1.165, 1.54) is 43.5 Å². The molecule has 1 heterocycles. The first-order chi connectivity index (χ1) is 8.66. The zero-order valence-electron chi connectivity index (χ0n) is 12.2. The Morgan fingerprint density at radius 3 is 2.11 bits per heavy atom. The van der Waals surface area contributed by atoms with Crippen LogP contribution in [0.4, 0.5) is 0 Å². The predicted octanol–water partition coefficient (Wildman–Crippen LogP) is 4.43. The van der Waals surface area contributed by atoms with E-state index in [4.69, 9.17) is 0 Å². The van der Waals surface area contributed by atoms with Gasteiger partial charge in [-0.3, -0.25) is 4.90 Å². The van der Waals surface area contributed by atoms with Gasteiger partial charge in [-0.15, -0.1) is 0 Å². The molecule has 1 aliphatic heterocycles. The minimum atomic E-state index is 0.661. The van der Waals surface area contributed by atoms with Crippen molar-refractivity contribution in [2.24, 2.45) is 5.92 Å². The SMILES string of the molecule is CC(C)[C@H](C)c1ccc(CN2CCCCC2)cc1. The van der Waals surface area contributed by atoms with Crippen LogP contribution in [0.15, 0.2) is 24.3 Å². The Bertz CT molecular complexity index is 346. The summed E-state index contributed by atoms with van der Waals surface area (Å²) >= 11 is 0. The fraction of sp³-hybridized carbons (Fsp3) is 0.647. The lowest BCUT2D eigenvalue weighted by Crippen LogP contribution is -2.29. The molecule has 2 rings (SSSR count). The van der Waals surface area contributed by atoms with E-state index in [1.807, 2.05) is 0 Å². The molecule has 0 spiro atoms. The summed E-state index contributed by atoms with van der Waals surface area (Å²) in [6.07, 6.45) is 4.17. The van der Waals surface area contributed by atoms with Gasteiger partial charge < -0.3 is 0 Å². The molecule has 1 atom stereocenters. The molecule has 0 saturated carbocycles. The second kappa shape index (κ2) is 6.38.